The number of halogens is 1. The van der Waals surface area contributed by atoms with Crippen molar-refractivity contribution in [2.45, 2.75) is 25.3 Å². The summed E-state index contributed by atoms with van der Waals surface area (Å²) >= 11 is 2.04. The van der Waals surface area contributed by atoms with Gasteiger partial charge < -0.3 is 15.3 Å². The minimum Gasteiger partial charge on any atom is -0.507 e. The van der Waals surface area contributed by atoms with Crippen LogP contribution in [-0.2, 0) is 0 Å². The average molecular weight is 374 g/mol. The minimum atomic E-state index is -0.0425. The molecule has 2 rings (SSSR count). The molecule has 0 radical (unpaired) electrons. The van der Waals surface area contributed by atoms with Crippen LogP contribution in [0.2, 0.25) is 0 Å². The van der Waals surface area contributed by atoms with E-state index in [0.29, 0.717) is 18.2 Å². The van der Waals surface area contributed by atoms with Crippen molar-refractivity contribution in [2.24, 2.45) is 0 Å². The average Bonchev–Trinajstić information content (AvgIpc) is 2.42. The predicted molar refractivity (Wildman–Crippen MR) is 83.4 cm³/mol. The molecule has 0 spiro atoms. The highest BCUT2D eigenvalue weighted by Crippen LogP contribution is 2.21. The zero-order valence-corrected chi connectivity index (χ0v) is 13.2. The van der Waals surface area contributed by atoms with Crippen molar-refractivity contribution in [3.05, 3.63) is 27.3 Å². The molecule has 0 aliphatic carbocycles. The molecule has 1 aromatic rings. The number of hydrogen-bond acceptors (Lipinski definition) is 3. The van der Waals surface area contributed by atoms with Gasteiger partial charge in [-0.3, -0.25) is 4.79 Å². The maximum absolute atomic E-state index is 12.3. The molecule has 1 unspecified atom stereocenters. The lowest BCUT2D eigenvalue weighted by Gasteiger charge is -2.28. The van der Waals surface area contributed by atoms with Gasteiger partial charge in [-0.1, -0.05) is 6.42 Å². The van der Waals surface area contributed by atoms with Gasteiger partial charge in [-0.25, -0.2) is 0 Å². The van der Waals surface area contributed by atoms with Gasteiger partial charge in [-0.2, -0.15) is 0 Å². The van der Waals surface area contributed by atoms with E-state index in [1.807, 2.05) is 29.6 Å². The largest absolute Gasteiger partial charge is 0.507 e. The Bertz CT molecular complexity index is 459. The first kappa shape index (κ1) is 14.6. The molecule has 4 nitrogen and oxygen atoms in total. The lowest BCUT2D eigenvalue weighted by Crippen LogP contribution is -2.44. The van der Waals surface area contributed by atoms with Crippen LogP contribution in [0.25, 0.3) is 0 Å². The number of rotatable bonds is 3. The van der Waals surface area contributed by atoms with Gasteiger partial charge in [0.1, 0.15) is 5.75 Å². The Hall–Kier alpha value is -0.820. The number of piperidine rings is 1. The second-order valence-electron chi connectivity index (χ2n) is 5.00. The number of phenolic OH excluding ortho intramolecular Hbond substituents is 1. The maximum atomic E-state index is 12.3. The quantitative estimate of drug-likeness (QED) is 0.798. The third kappa shape index (κ3) is 3.82. The summed E-state index contributed by atoms with van der Waals surface area (Å²) in [6.45, 7) is 1.75. The zero-order valence-electron chi connectivity index (χ0n) is 11.0. The van der Waals surface area contributed by atoms with E-state index < -0.39 is 0 Å². The molecule has 1 aromatic carbocycles. The summed E-state index contributed by atoms with van der Waals surface area (Å²) in [5.74, 6) is 0.120. The SMILES string of the molecule is CN(CC1CCCCN1)C(=O)c1ccc(I)c(O)c1. The van der Waals surface area contributed by atoms with Crippen molar-refractivity contribution in [2.75, 3.05) is 20.1 Å². The number of phenols is 1. The topological polar surface area (TPSA) is 52.6 Å². The van der Waals surface area contributed by atoms with Crippen LogP contribution in [0.3, 0.4) is 0 Å². The number of nitrogens with one attached hydrogen (secondary N) is 1. The molecule has 5 heteroatoms. The molecular weight excluding hydrogens is 355 g/mol. The molecule has 1 aliphatic rings. The zero-order chi connectivity index (χ0) is 13.8. The molecule has 1 saturated heterocycles. The van der Waals surface area contributed by atoms with Gasteiger partial charge in [0.2, 0.25) is 0 Å². The summed E-state index contributed by atoms with van der Waals surface area (Å²) in [6, 6.07) is 5.44. The Morgan fingerprint density at radius 3 is 2.95 bits per heavy atom. The summed E-state index contributed by atoms with van der Waals surface area (Å²) in [7, 11) is 1.81. The Labute approximate surface area is 127 Å². The summed E-state index contributed by atoms with van der Waals surface area (Å²) in [5, 5.41) is 13.1. The molecule has 1 atom stereocenters. The highest BCUT2D eigenvalue weighted by molar-refractivity contribution is 14.1. The molecule has 1 heterocycles. The number of carbonyl (C=O) groups excluding carboxylic acids is 1. The van der Waals surface area contributed by atoms with Crippen molar-refractivity contribution in [3.63, 3.8) is 0 Å². The molecule has 1 amide bonds. The van der Waals surface area contributed by atoms with E-state index in [1.165, 1.54) is 18.9 Å². The van der Waals surface area contributed by atoms with Crippen LogP contribution in [0.4, 0.5) is 0 Å². The number of hydrogen-bond donors (Lipinski definition) is 2. The summed E-state index contributed by atoms with van der Waals surface area (Å²) in [5.41, 5.74) is 0.538. The van der Waals surface area contributed by atoms with Crippen LogP contribution in [0.1, 0.15) is 29.6 Å². The van der Waals surface area contributed by atoms with Gasteiger partial charge in [0, 0.05) is 25.2 Å². The summed E-state index contributed by atoms with van der Waals surface area (Å²) < 4.78 is 0.755. The smallest absolute Gasteiger partial charge is 0.253 e. The highest BCUT2D eigenvalue weighted by atomic mass is 127. The second-order valence-corrected chi connectivity index (χ2v) is 6.16. The van der Waals surface area contributed by atoms with E-state index in [4.69, 9.17) is 0 Å². The molecule has 0 aromatic heterocycles. The van der Waals surface area contributed by atoms with Gasteiger partial charge >= 0.3 is 0 Å². The van der Waals surface area contributed by atoms with Crippen molar-refractivity contribution in [1.29, 1.82) is 0 Å². The Kier molecular flexibility index (Phi) is 5.04. The molecule has 1 fully saturated rings. The normalized spacial score (nSPS) is 19.2. The third-order valence-corrected chi connectivity index (χ3v) is 4.36. The van der Waals surface area contributed by atoms with Crippen LogP contribution in [-0.4, -0.2) is 42.1 Å². The van der Waals surface area contributed by atoms with Crippen LogP contribution >= 0.6 is 22.6 Å². The first-order valence-corrected chi connectivity index (χ1v) is 7.63. The predicted octanol–water partition coefficient (Wildman–Crippen LogP) is 2.21. The van der Waals surface area contributed by atoms with Crippen LogP contribution in [0.5, 0.6) is 5.75 Å². The summed E-state index contributed by atoms with van der Waals surface area (Å²) in [4.78, 5) is 14.0. The number of nitrogens with zero attached hydrogens (tertiary/aromatic N) is 1. The van der Waals surface area contributed by atoms with Gasteiger partial charge in [0.05, 0.1) is 3.57 Å². The van der Waals surface area contributed by atoms with Crippen LogP contribution in [0, 0.1) is 3.57 Å². The third-order valence-electron chi connectivity index (χ3n) is 3.45. The second kappa shape index (κ2) is 6.56. The molecular formula is C14H19IN2O2. The molecule has 1 aliphatic heterocycles. The molecule has 2 N–H and O–H groups in total. The first-order chi connectivity index (χ1) is 9.08. The molecule has 0 bridgehead atoms. The summed E-state index contributed by atoms with van der Waals surface area (Å²) in [6.07, 6.45) is 3.57. The minimum absolute atomic E-state index is 0.0425. The molecule has 0 saturated carbocycles. The highest BCUT2D eigenvalue weighted by Gasteiger charge is 2.19. The van der Waals surface area contributed by atoms with Crippen LogP contribution in [0.15, 0.2) is 18.2 Å². The standard InChI is InChI=1S/C14H19IN2O2/c1-17(9-11-4-2-3-7-16-11)14(19)10-5-6-12(15)13(18)8-10/h5-6,8,11,16,18H,2-4,7,9H2,1H3. The van der Waals surface area contributed by atoms with E-state index >= 15 is 0 Å². The number of benzene rings is 1. The van der Waals surface area contributed by atoms with Crippen LogP contribution < -0.4 is 5.32 Å². The Morgan fingerprint density at radius 2 is 2.32 bits per heavy atom. The van der Waals surface area contributed by atoms with Crippen molar-refractivity contribution in [3.8, 4) is 5.75 Å². The van der Waals surface area contributed by atoms with Crippen molar-refractivity contribution < 1.29 is 9.90 Å². The molecule has 19 heavy (non-hydrogen) atoms. The van der Waals surface area contributed by atoms with Gasteiger partial charge in [0.15, 0.2) is 0 Å². The van der Waals surface area contributed by atoms with Crippen molar-refractivity contribution >= 4 is 28.5 Å². The van der Waals surface area contributed by atoms with Gasteiger partial charge in [0.25, 0.3) is 5.91 Å². The number of carbonyl (C=O) groups is 1. The van der Waals surface area contributed by atoms with Gasteiger partial charge in [-0.05, 0) is 60.2 Å². The van der Waals surface area contributed by atoms with Crippen molar-refractivity contribution in [1.82, 2.24) is 10.2 Å². The lowest BCUT2D eigenvalue weighted by molar-refractivity contribution is 0.0775. The van der Waals surface area contributed by atoms with E-state index in [1.54, 1.807) is 17.0 Å². The fourth-order valence-electron chi connectivity index (χ4n) is 2.36. The fraction of sp³-hybridized carbons (Fsp3) is 0.500. The first-order valence-electron chi connectivity index (χ1n) is 6.55. The van der Waals surface area contributed by atoms with E-state index in [-0.39, 0.29) is 11.7 Å². The fourth-order valence-corrected chi connectivity index (χ4v) is 2.69. The number of likely N-dealkylation sites (N-methyl/N-ethyl adjacent to an activating group) is 1. The Morgan fingerprint density at radius 1 is 1.53 bits per heavy atom. The monoisotopic (exact) mass is 374 g/mol. The van der Waals surface area contributed by atoms with Gasteiger partial charge in [-0.15, -0.1) is 0 Å². The molecule has 104 valence electrons. The van der Waals surface area contributed by atoms with E-state index in [2.05, 4.69) is 5.32 Å². The number of aromatic hydroxyl groups is 1. The maximum Gasteiger partial charge on any atom is 0.253 e. The van der Waals surface area contributed by atoms with E-state index in [9.17, 15) is 9.90 Å². The lowest BCUT2D eigenvalue weighted by atomic mass is 10.0. The van der Waals surface area contributed by atoms with E-state index in [0.717, 1.165) is 16.5 Å². The Balaban J connectivity index is 1.99. The number of amides is 1.